The Labute approximate surface area is 171 Å². The molecule has 3 aromatic rings. The molecule has 0 saturated carbocycles. The Kier molecular flexibility index (Phi) is 5.81. The number of thiazole rings is 1. The Morgan fingerprint density at radius 1 is 1.21 bits per heavy atom. The molecule has 0 aliphatic heterocycles. The number of aromatic nitrogens is 1. The van der Waals surface area contributed by atoms with Crippen molar-refractivity contribution < 1.29 is 27.9 Å². The minimum Gasteiger partial charge on any atom is -0.480 e. The fourth-order valence-electron chi connectivity index (χ4n) is 2.81. The first-order valence-electron chi connectivity index (χ1n) is 8.41. The van der Waals surface area contributed by atoms with Gasteiger partial charge in [-0.1, -0.05) is 29.9 Å². The van der Waals surface area contributed by atoms with Gasteiger partial charge in [0.1, 0.15) is 6.04 Å². The lowest BCUT2D eigenvalue weighted by atomic mass is 10.2. The molecule has 1 amide bonds. The van der Waals surface area contributed by atoms with Crippen LogP contribution in [0, 0.1) is 0 Å². The predicted octanol–water partition coefficient (Wildman–Crippen LogP) is 5.15. The summed E-state index contributed by atoms with van der Waals surface area (Å²) in [6.45, 7) is 1.63. The molecule has 29 heavy (non-hydrogen) atoms. The predicted molar refractivity (Wildman–Crippen MR) is 103 cm³/mol. The number of aliphatic carboxylic acids is 1. The maximum Gasteiger partial charge on any atom is 0.416 e. The minimum atomic E-state index is -4.55. The van der Waals surface area contributed by atoms with Gasteiger partial charge < -0.3 is 9.67 Å². The molecule has 0 fully saturated rings. The van der Waals surface area contributed by atoms with Crippen LogP contribution in [0.2, 0.25) is 5.02 Å². The number of carbonyl (C=O) groups is 2. The third-order valence-corrected chi connectivity index (χ3v) is 5.50. The van der Waals surface area contributed by atoms with E-state index in [4.69, 9.17) is 11.6 Å². The van der Waals surface area contributed by atoms with Gasteiger partial charge in [-0.2, -0.15) is 18.2 Å². The summed E-state index contributed by atoms with van der Waals surface area (Å²) in [6.07, 6.45) is -4.39. The molecule has 2 aromatic carbocycles. The summed E-state index contributed by atoms with van der Waals surface area (Å²) in [7, 11) is 0. The highest BCUT2D eigenvalue weighted by Crippen LogP contribution is 2.33. The van der Waals surface area contributed by atoms with Gasteiger partial charge in [0.25, 0.3) is 5.91 Å². The second-order valence-electron chi connectivity index (χ2n) is 6.12. The zero-order chi connectivity index (χ0) is 21.3. The minimum absolute atomic E-state index is 0.00789. The Bertz CT molecular complexity index is 1150. The van der Waals surface area contributed by atoms with Crippen molar-refractivity contribution in [2.45, 2.75) is 25.6 Å². The van der Waals surface area contributed by atoms with Gasteiger partial charge in [-0.05, 0) is 48.9 Å². The molecule has 0 bridgehead atoms. The molecule has 10 heteroatoms. The van der Waals surface area contributed by atoms with Gasteiger partial charge in [0, 0.05) is 10.6 Å². The smallest absolute Gasteiger partial charge is 0.416 e. The van der Waals surface area contributed by atoms with E-state index in [2.05, 4.69) is 4.99 Å². The zero-order valence-corrected chi connectivity index (χ0v) is 16.5. The zero-order valence-electron chi connectivity index (χ0n) is 14.9. The number of amides is 1. The fraction of sp³-hybridized carbons (Fsp3) is 0.211. The molecule has 0 spiro atoms. The summed E-state index contributed by atoms with van der Waals surface area (Å²) < 4.78 is 40.6. The number of rotatable bonds is 4. The number of fused-ring (bicyclic) bond motifs is 1. The molecule has 152 valence electrons. The molecule has 5 nitrogen and oxygen atoms in total. The summed E-state index contributed by atoms with van der Waals surface area (Å²) in [5, 5.41) is 9.98. The molecular weight excluding hydrogens is 429 g/mol. The molecular formula is C19H14ClF3N2O3S. The number of hydrogen-bond acceptors (Lipinski definition) is 3. The first kappa shape index (κ1) is 21.1. The van der Waals surface area contributed by atoms with Crippen LogP contribution in [0.4, 0.5) is 13.2 Å². The fourth-order valence-corrected chi connectivity index (χ4v) is 4.04. The van der Waals surface area contributed by atoms with Crippen LogP contribution in [0.3, 0.4) is 0 Å². The molecule has 1 atom stereocenters. The Hall–Kier alpha value is -2.65. The molecule has 1 N–H and O–H groups in total. The number of nitrogens with zero attached hydrogens (tertiary/aromatic N) is 2. The second-order valence-corrected chi connectivity index (χ2v) is 7.57. The van der Waals surface area contributed by atoms with Crippen molar-refractivity contribution in [3.05, 3.63) is 63.4 Å². The van der Waals surface area contributed by atoms with Gasteiger partial charge in [0.05, 0.1) is 15.8 Å². The van der Waals surface area contributed by atoms with Crippen LogP contribution in [0.15, 0.2) is 47.5 Å². The van der Waals surface area contributed by atoms with Crippen molar-refractivity contribution in [2.75, 3.05) is 0 Å². The Balaban J connectivity index is 2.24. The molecule has 0 aliphatic rings. The quantitative estimate of drug-likeness (QED) is 0.607. The maximum absolute atomic E-state index is 13.1. The van der Waals surface area contributed by atoms with Crippen LogP contribution in [0.1, 0.15) is 35.3 Å². The highest BCUT2D eigenvalue weighted by molar-refractivity contribution is 7.16. The van der Waals surface area contributed by atoms with Crippen LogP contribution in [-0.4, -0.2) is 21.6 Å². The number of alkyl halides is 3. The van der Waals surface area contributed by atoms with Crippen LogP contribution in [0.5, 0.6) is 0 Å². The summed E-state index contributed by atoms with van der Waals surface area (Å²) >= 11 is 6.63. The number of carboxylic acids is 1. The Morgan fingerprint density at radius 3 is 2.41 bits per heavy atom. The molecule has 1 heterocycles. The van der Waals surface area contributed by atoms with E-state index in [1.165, 1.54) is 34.9 Å². The number of carbonyl (C=O) groups excluding carboxylic acids is 1. The maximum atomic E-state index is 13.1. The van der Waals surface area contributed by atoms with E-state index in [0.717, 1.165) is 23.5 Å². The lowest BCUT2D eigenvalue weighted by Crippen LogP contribution is -2.27. The lowest BCUT2D eigenvalue weighted by molar-refractivity contribution is -0.141. The molecule has 0 aliphatic carbocycles. The topological polar surface area (TPSA) is 71.7 Å². The SMILES string of the molecule is CCC(C(=O)O)n1/c(=N/C(=O)c2ccc(Cl)cc2)sc2cc(C(F)(F)F)ccc21. The summed E-state index contributed by atoms with van der Waals surface area (Å²) in [4.78, 5) is 28.2. The lowest BCUT2D eigenvalue weighted by Gasteiger charge is -2.14. The molecule has 1 unspecified atom stereocenters. The average Bonchev–Trinajstić information content (AvgIpc) is 2.99. The van der Waals surface area contributed by atoms with E-state index in [-0.39, 0.29) is 27.0 Å². The molecule has 3 rings (SSSR count). The third kappa shape index (κ3) is 4.35. The van der Waals surface area contributed by atoms with Gasteiger partial charge in [-0.25, -0.2) is 4.79 Å². The van der Waals surface area contributed by atoms with Crippen LogP contribution < -0.4 is 4.80 Å². The van der Waals surface area contributed by atoms with Crippen molar-refractivity contribution in [3.8, 4) is 0 Å². The van der Waals surface area contributed by atoms with E-state index >= 15 is 0 Å². The molecule has 1 aromatic heterocycles. The number of halogens is 4. The number of carboxylic acid groups (broad SMARTS) is 1. The van der Waals surface area contributed by atoms with Crippen molar-refractivity contribution in [3.63, 3.8) is 0 Å². The van der Waals surface area contributed by atoms with Gasteiger partial charge >= 0.3 is 12.1 Å². The first-order chi connectivity index (χ1) is 13.6. The van der Waals surface area contributed by atoms with Crippen molar-refractivity contribution in [1.82, 2.24) is 4.57 Å². The van der Waals surface area contributed by atoms with Gasteiger partial charge in [0.2, 0.25) is 0 Å². The number of benzene rings is 2. The van der Waals surface area contributed by atoms with Crippen molar-refractivity contribution in [1.29, 1.82) is 0 Å². The van der Waals surface area contributed by atoms with Crippen LogP contribution in [0.25, 0.3) is 10.2 Å². The monoisotopic (exact) mass is 442 g/mol. The van der Waals surface area contributed by atoms with E-state index in [1.54, 1.807) is 6.92 Å². The largest absolute Gasteiger partial charge is 0.480 e. The average molecular weight is 443 g/mol. The van der Waals surface area contributed by atoms with Gasteiger partial charge in [-0.15, -0.1) is 0 Å². The van der Waals surface area contributed by atoms with Gasteiger partial charge in [-0.3, -0.25) is 4.79 Å². The van der Waals surface area contributed by atoms with Crippen molar-refractivity contribution in [2.24, 2.45) is 4.99 Å². The normalized spacial score (nSPS) is 13.6. The Morgan fingerprint density at radius 2 is 1.86 bits per heavy atom. The first-order valence-corrected chi connectivity index (χ1v) is 9.61. The number of hydrogen-bond donors (Lipinski definition) is 1. The second kappa shape index (κ2) is 8.00. The molecule has 0 saturated heterocycles. The van der Waals surface area contributed by atoms with E-state index < -0.39 is 29.7 Å². The standard InChI is InChI=1S/C19H14ClF3N2O3S/c1-2-13(17(27)28)25-14-8-5-11(19(21,22)23)9-15(14)29-18(25)24-16(26)10-3-6-12(20)7-4-10/h3-9,13H,2H2,1H3,(H,27,28)/b24-18-. The summed E-state index contributed by atoms with van der Waals surface area (Å²) in [6, 6.07) is 7.85. The van der Waals surface area contributed by atoms with Gasteiger partial charge in [0.15, 0.2) is 4.80 Å². The van der Waals surface area contributed by atoms with Crippen molar-refractivity contribution >= 4 is 45.0 Å². The highest BCUT2D eigenvalue weighted by atomic mass is 35.5. The molecule has 0 radical (unpaired) electrons. The van der Waals surface area contributed by atoms with E-state index in [1.807, 2.05) is 0 Å². The van der Waals surface area contributed by atoms with E-state index in [9.17, 15) is 27.9 Å². The van der Waals surface area contributed by atoms with Crippen LogP contribution >= 0.6 is 22.9 Å². The van der Waals surface area contributed by atoms with Crippen LogP contribution in [-0.2, 0) is 11.0 Å². The third-order valence-electron chi connectivity index (χ3n) is 4.23. The highest BCUT2D eigenvalue weighted by Gasteiger charge is 2.31. The van der Waals surface area contributed by atoms with E-state index in [0.29, 0.717) is 5.02 Å². The summed E-state index contributed by atoms with van der Waals surface area (Å²) in [5.41, 5.74) is -0.380. The summed E-state index contributed by atoms with van der Waals surface area (Å²) in [5.74, 6) is -1.83.